The maximum atomic E-state index is 6.50. The Labute approximate surface area is 172 Å². The van der Waals surface area contributed by atoms with Gasteiger partial charge in [-0.05, 0) is 0 Å². The van der Waals surface area contributed by atoms with Gasteiger partial charge in [0.1, 0.15) is 0 Å². The summed E-state index contributed by atoms with van der Waals surface area (Å²) in [5.74, 6) is 0. The van der Waals surface area contributed by atoms with Crippen molar-refractivity contribution in [3.63, 3.8) is 0 Å². The van der Waals surface area contributed by atoms with Gasteiger partial charge in [0.2, 0.25) is 0 Å². The van der Waals surface area contributed by atoms with E-state index in [1.807, 2.05) is 0 Å². The number of rotatable bonds is 0. The third-order valence-electron chi connectivity index (χ3n) is 0. The second-order valence-corrected chi connectivity index (χ2v) is 0. The van der Waals surface area contributed by atoms with Crippen LogP contribution < -0.4 is 68.9 Å². The maximum Gasteiger partial charge on any atom is 1.00 e. The molecule has 0 aliphatic rings. The van der Waals surface area contributed by atoms with Crippen molar-refractivity contribution in [2.75, 3.05) is 0 Å². The molecule has 6 nitrogen and oxygen atoms in total. The van der Waals surface area contributed by atoms with E-state index < -0.39 is 0 Å². The Morgan fingerprint density at radius 1 is 0.467 bits per heavy atom. The van der Waals surface area contributed by atoms with Gasteiger partial charge in [-0.25, -0.2) is 31.6 Å². The summed E-state index contributed by atoms with van der Waals surface area (Å²) >= 11 is 0. The van der Waals surface area contributed by atoms with Crippen LogP contribution in [0.15, 0.2) is 0 Å². The predicted molar refractivity (Wildman–Crippen MR) is 41.1 cm³/mol. The van der Waals surface area contributed by atoms with Crippen LogP contribution in [-0.4, -0.2) is 0 Å². The molecular weight excluding hydrogens is 400 g/mol. The van der Waals surface area contributed by atoms with Gasteiger partial charge in [-0.3, -0.25) is 0 Å². The number of hydrogen-bond donors (Lipinski definition) is 0. The van der Waals surface area contributed by atoms with E-state index in [1.54, 1.807) is 0 Å². The average molecular weight is 407 g/mol. The minimum Gasteiger partial charge on any atom is -1.00 e. The Morgan fingerprint density at radius 2 is 0.467 bits per heavy atom. The fourth-order valence-corrected chi connectivity index (χ4v) is 0. The standard InChI is InChI=1S/6CHN.Cs.Fe.Mn.H/c6*1-2;;;;/h6*1H;;;;/q;;;;;;+1;;;-1. The van der Waals surface area contributed by atoms with E-state index in [0.29, 0.717) is 0 Å². The fraction of sp³-hybridized carbons (Fsp3) is 0. The first-order valence-corrected chi connectivity index (χ1v) is 1.55. The zero-order valence-corrected chi connectivity index (χ0v) is 16.4. The molecule has 0 aliphatic carbocycles. The van der Waals surface area contributed by atoms with Crippen LogP contribution >= 0.6 is 0 Å². The molecule has 0 amide bonds. The molecule has 0 heterocycles. The SMILES string of the molecule is C#N.C#N.C#N.C#N.C#N.C#N.[Cs+].[Fe].[H-].[Mn]. The van der Waals surface area contributed by atoms with Gasteiger partial charge in [-0.2, -0.15) is 0 Å². The summed E-state index contributed by atoms with van der Waals surface area (Å²) in [4.78, 5) is 0. The van der Waals surface area contributed by atoms with Crippen LogP contribution in [0.25, 0.3) is 0 Å². The molecule has 0 rings (SSSR count). The average Bonchev–Trinajstić information content (AvgIpc) is 2.33. The van der Waals surface area contributed by atoms with Crippen molar-refractivity contribution in [3.8, 4) is 39.4 Å². The third-order valence-corrected chi connectivity index (χ3v) is 0. The number of hydrogen-bond acceptors (Lipinski definition) is 6. The molecule has 0 fully saturated rings. The molecule has 0 atom stereocenters. The Bertz CT molecular complexity index is 108. The Kier molecular flexibility index (Phi) is 13500000. The van der Waals surface area contributed by atoms with E-state index in [4.69, 9.17) is 31.6 Å². The monoisotopic (exact) mass is 407 g/mol. The smallest absolute Gasteiger partial charge is 1.00 e. The van der Waals surface area contributed by atoms with Crippen molar-refractivity contribution >= 4 is 0 Å². The van der Waals surface area contributed by atoms with Gasteiger partial charge in [0.05, 0.1) is 0 Å². The molecule has 0 N–H and O–H groups in total. The molecule has 9 heteroatoms. The molecular formula is C6H7CsFeMnN6. The number of nitriles is 6. The number of nitrogens with zero attached hydrogens (tertiary/aromatic N) is 6. The van der Waals surface area contributed by atoms with E-state index in [2.05, 4.69) is 39.4 Å². The molecule has 0 saturated heterocycles. The molecule has 0 bridgehead atoms. The molecule has 0 aliphatic heterocycles. The van der Waals surface area contributed by atoms with Gasteiger partial charge in [0, 0.05) is 73.6 Å². The molecule has 77 valence electrons. The first kappa shape index (κ1) is 81.4. The molecule has 0 unspecified atom stereocenters. The predicted octanol–water partition coefficient (Wildman–Crippen LogP) is -2.05. The Morgan fingerprint density at radius 3 is 0.467 bits per heavy atom. The second kappa shape index (κ2) is 2490000. The minimum atomic E-state index is 0. The summed E-state index contributed by atoms with van der Waals surface area (Å²) in [6.07, 6.45) is 0. The van der Waals surface area contributed by atoms with Crippen LogP contribution in [0.1, 0.15) is 1.43 Å². The molecule has 0 aromatic heterocycles. The normalized spacial score (nSPS) is 0.800. The van der Waals surface area contributed by atoms with Gasteiger partial charge in [0.15, 0.2) is 0 Å². The molecule has 0 aromatic carbocycles. The van der Waals surface area contributed by atoms with Crippen LogP contribution in [-0.2, 0) is 34.1 Å². The van der Waals surface area contributed by atoms with Crippen LogP contribution in [0, 0.1) is 71.0 Å². The summed E-state index contributed by atoms with van der Waals surface area (Å²) in [5.41, 5.74) is 0. The Balaban J connectivity index is -0.00000000321. The summed E-state index contributed by atoms with van der Waals surface area (Å²) in [6.45, 7) is 21.0. The second-order valence-electron chi connectivity index (χ2n) is 0. The van der Waals surface area contributed by atoms with E-state index in [0.717, 1.165) is 0 Å². The van der Waals surface area contributed by atoms with E-state index in [9.17, 15) is 0 Å². The largest absolute Gasteiger partial charge is 1.00 e. The van der Waals surface area contributed by atoms with Crippen molar-refractivity contribution in [1.82, 2.24) is 0 Å². The fourth-order valence-electron chi connectivity index (χ4n) is 0. The molecule has 1 radical (unpaired) electrons. The van der Waals surface area contributed by atoms with Crippen molar-refractivity contribution in [2.45, 2.75) is 0 Å². The first-order valence-electron chi connectivity index (χ1n) is 1.55. The molecule has 0 aromatic rings. The molecule has 15 heavy (non-hydrogen) atoms. The van der Waals surface area contributed by atoms with Crippen LogP contribution in [0.3, 0.4) is 0 Å². The van der Waals surface area contributed by atoms with Crippen LogP contribution in [0.4, 0.5) is 0 Å². The zero-order valence-electron chi connectivity index (χ0n) is 8.88. The van der Waals surface area contributed by atoms with Gasteiger partial charge < -0.3 is 1.43 Å². The van der Waals surface area contributed by atoms with E-state index in [-0.39, 0.29) is 104 Å². The van der Waals surface area contributed by atoms with E-state index in [1.165, 1.54) is 0 Å². The van der Waals surface area contributed by atoms with Crippen molar-refractivity contribution in [3.05, 3.63) is 0 Å². The third kappa shape index (κ3) is 2130000. The Hall–Kier alpha value is 0.0309. The van der Waals surface area contributed by atoms with Gasteiger partial charge in [0.25, 0.3) is 0 Å². The van der Waals surface area contributed by atoms with Gasteiger partial charge in [-0.1, -0.05) is 0 Å². The van der Waals surface area contributed by atoms with Crippen LogP contribution in [0.5, 0.6) is 0 Å². The van der Waals surface area contributed by atoms with Crippen molar-refractivity contribution in [1.29, 1.82) is 31.6 Å². The minimum absolute atomic E-state index is 0. The topological polar surface area (TPSA) is 143 Å². The van der Waals surface area contributed by atoms with E-state index >= 15 is 0 Å². The summed E-state index contributed by atoms with van der Waals surface area (Å²) in [6, 6.07) is 0. The van der Waals surface area contributed by atoms with Gasteiger partial charge in [-0.15, -0.1) is 0 Å². The van der Waals surface area contributed by atoms with Crippen LogP contribution in [0.2, 0.25) is 0 Å². The molecule has 0 saturated carbocycles. The first-order chi connectivity index (χ1) is 6.00. The van der Waals surface area contributed by atoms with Crippen molar-refractivity contribution < 1.29 is 104 Å². The molecule has 0 spiro atoms. The quantitative estimate of drug-likeness (QED) is 0.423. The zero-order chi connectivity index (χ0) is 12.0. The summed E-state index contributed by atoms with van der Waals surface area (Å²) in [5, 5.41) is 39.0. The van der Waals surface area contributed by atoms with Crippen molar-refractivity contribution in [2.24, 2.45) is 0 Å². The summed E-state index contributed by atoms with van der Waals surface area (Å²) in [7, 11) is 0. The van der Waals surface area contributed by atoms with Gasteiger partial charge >= 0.3 is 68.9 Å². The maximum absolute atomic E-state index is 6.50. The summed E-state index contributed by atoms with van der Waals surface area (Å²) < 4.78 is 0.